The van der Waals surface area contributed by atoms with Crippen molar-refractivity contribution in [3.63, 3.8) is 0 Å². The summed E-state index contributed by atoms with van der Waals surface area (Å²) in [6.07, 6.45) is 6.73. The van der Waals surface area contributed by atoms with Crippen LogP contribution in [0.15, 0.2) is 35.6 Å². The zero-order valence-corrected chi connectivity index (χ0v) is 16.6. The first-order chi connectivity index (χ1) is 12.9. The molecule has 1 aromatic heterocycles. The van der Waals surface area contributed by atoms with E-state index in [0.717, 1.165) is 30.8 Å². The van der Waals surface area contributed by atoms with Crippen LogP contribution < -0.4 is 9.62 Å². The summed E-state index contributed by atoms with van der Waals surface area (Å²) in [5.74, 6) is 0. The lowest BCUT2D eigenvalue weighted by atomic mass is 10.0. The largest absolute Gasteiger partial charge is 0.374 e. The number of nitrogens with zero attached hydrogens (tertiary/aromatic N) is 3. The van der Waals surface area contributed by atoms with Crippen LogP contribution in [0.5, 0.6) is 0 Å². The highest BCUT2D eigenvalue weighted by molar-refractivity contribution is 7.89. The average Bonchev–Trinajstić information content (AvgIpc) is 3.08. The highest BCUT2D eigenvalue weighted by Gasteiger charge is 2.29. The minimum Gasteiger partial charge on any atom is -0.374 e. The molecule has 0 amide bonds. The van der Waals surface area contributed by atoms with Crippen molar-refractivity contribution in [3.05, 3.63) is 42.0 Å². The van der Waals surface area contributed by atoms with Gasteiger partial charge >= 0.3 is 0 Å². The number of anilines is 1. The van der Waals surface area contributed by atoms with E-state index in [9.17, 15) is 8.42 Å². The van der Waals surface area contributed by atoms with Crippen LogP contribution >= 0.6 is 0 Å². The summed E-state index contributed by atoms with van der Waals surface area (Å²) in [6, 6.07) is 5.31. The van der Waals surface area contributed by atoms with Gasteiger partial charge in [0, 0.05) is 39.0 Å². The molecule has 0 aliphatic carbocycles. The number of hydrogen-bond donors (Lipinski definition) is 1. The Balaban J connectivity index is 1.51. The monoisotopic (exact) mass is 390 g/mol. The van der Waals surface area contributed by atoms with Gasteiger partial charge in [0.2, 0.25) is 10.0 Å². The lowest BCUT2D eigenvalue weighted by Crippen LogP contribution is -2.40. The first-order valence-electron chi connectivity index (χ1n) is 9.38. The van der Waals surface area contributed by atoms with Gasteiger partial charge in [-0.05, 0) is 43.4 Å². The van der Waals surface area contributed by atoms with Crippen LogP contribution in [0.3, 0.4) is 0 Å². The molecular weight excluding hydrogens is 364 g/mol. The number of imidazole rings is 1. The average molecular weight is 391 g/mol. The van der Waals surface area contributed by atoms with Crippen LogP contribution in [0.4, 0.5) is 5.69 Å². The highest BCUT2D eigenvalue weighted by atomic mass is 32.2. The Bertz CT molecular complexity index is 925. The predicted molar refractivity (Wildman–Crippen MR) is 103 cm³/mol. The van der Waals surface area contributed by atoms with Gasteiger partial charge in [-0.15, -0.1) is 0 Å². The van der Waals surface area contributed by atoms with E-state index in [1.165, 1.54) is 5.56 Å². The van der Waals surface area contributed by atoms with Crippen LogP contribution in [0.1, 0.15) is 36.6 Å². The SMILES string of the molecule is CN1CCCc2ccc(S(=O)(=O)NC3CCOC(c4cncn4C)C3)cc21. The third-order valence-corrected chi connectivity index (χ3v) is 7.03. The Kier molecular flexibility index (Phi) is 4.96. The van der Waals surface area contributed by atoms with Crippen LogP contribution in [-0.2, 0) is 28.2 Å². The maximum atomic E-state index is 13.0. The van der Waals surface area contributed by atoms with Crippen LogP contribution in [0.25, 0.3) is 0 Å². The summed E-state index contributed by atoms with van der Waals surface area (Å²) in [4.78, 5) is 6.59. The number of sulfonamides is 1. The molecule has 0 radical (unpaired) electrons. The molecule has 0 saturated carbocycles. The maximum Gasteiger partial charge on any atom is 0.240 e. The van der Waals surface area contributed by atoms with Gasteiger partial charge in [0.25, 0.3) is 0 Å². The van der Waals surface area contributed by atoms with E-state index in [1.807, 2.05) is 24.7 Å². The first-order valence-corrected chi connectivity index (χ1v) is 10.9. The smallest absolute Gasteiger partial charge is 0.240 e. The van der Waals surface area contributed by atoms with Crippen molar-refractivity contribution < 1.29 is 13.2 Å². The van der Waals surface area contributed by atoms with Gasteiger partial charge in [0.05, 0.1) is 23.1 Å². The molecule has 1 N–H and O–H groups in total. The molecule has 2 aliphatic rings. The predicted octanol–water partition coefficient (Wildman–Crippen LogP) is 2.00. The van der Waals surface area contributed by atoms with Crippen LogP contribution in [0, 0.1) is 0 Å². The van der Waals surface area contributed by atoms with Crippen LogP contribution in [-0.4, -0.2) is 44.2 Å². The van der Waals surface area contributed by atoms with E-state index < -0.39 is 10.0 Å². The van der Waals surface area contributed by atoms with Gasteiger partial charge in [-0.25, -0.2) is 18.1 Å². The lowest BCUT2D eigenvalue weighted by Gasteiger charge is -2.30. The molecule has 0 bridgehead atoms. The normalized spacial score (nSPS) is 23.3. The van der Waals surface area contributed by atoms with E-state index in [2.05, 4.69) is 14.6 Å². The first kappa shape index (κ1) is 18.5. The number of benzene rings is 1. The molecule has 27 heavy (non-hydrogen) atoms. The summed E-state index contributed by atoms with van der Waals surface area (Å²) >= 11 is 0. The van der Waals surface area contributed by atoms with E-state index in [1.54, 1.807) is 24.7 Å². The molecule has 0 spiro atoms. The van der Waals surface area contributed by atoms with Crippen molar-refractivity contribution >= 4 is 15.7 Å². The van der Waals surface area contributed by atoms with Crippen molar-refractivity contribution in [3.8, 4) is 0 Å². The number of aryl methyl sites for hydroxylation is 2. The Morgan fingerprint density at radius 3 is 2.93 bits per heavy atom. The zero-order chi connectivity index (χ0) is 19.0. The lowest BCUT2D eigenvalue weighted by molar-refractivity contribution is -0.0000444. The number of fused-ring (bicyclic) bond motifs is 1. The fourth-order valence-corrected chi connectivity index (χ4v) is 5.28. The number of nitrogens with one attached hydrogen (secondary N) is 1. The Morgan fingerprint density at radius 1 is 1.30 bits per heavy atom. The van der Waals surface area contributed by atoms with Gasteiger partial charge in [-0.1, -0.05) is 6.07 Å². The molecule has 1 fully saturated rings. The van der Waals surface area contributed by atoms with Crippen LogP contribution in [0.2, 0.25) is 0 Å². The minimum atomic E-state index is -3.57. The fraction of sp³-hybridized carbons (Fsp3) is 0.526. The molecule has 8 heteroatoms. The molecular formula is C19H26N4O3S. The number of rotatable bonds is 4. The second-order valence-electron chi connectivity index (χ2n) is 7.45. The molecule has 1 saturated heterocycles. The van der Waals surface area contributed by atoms with E-state index >= 15 is 0 Å². The highest BCUT2D eigenvalue weighted by Crippen LogP contribution is 2.31. The molecule has 146 valence electrons. The van der Waals surface area contributed by atoms with Crippen molar-refractivity contribution in [2.75, 3.05) is 25.1 Å². The molecule has 2 atom stereocenters. The van der Waals surface area contributed by atoms with Crippen molar-refractivity contribution in [2.24, 2.45) is 7.05 Å². The summed E-state index contributed by atoms with van der Waals surface area (Å²) in [7, 11) is 0.359. The van der Waals surface area contributed by atoms with Crippen molar-refractivity contribution in [1.82, 2.24) is 14.3 Å². The second kappa shape index (κ2) is 7.26. The molecule has 2 unspecified atom stereocenters. The maximum absolute atomic E-state index is 13.0. The van der Waals surface area contributed by atoms with Crippen molar-refractivity contribution in [1.29, 1.82) is 0 Å². The van der Waals surface area contributed by atoms with E-state index in [4.69, 9.17) is 4.74 Å². The minimum absolute atomic E-state index is 0.145. The summed E-state index contributed by atoms with van der Waals surface area (Å²) in [6.45, 7) is 1.48. The second-order valence-corrected chi connectivity index (χ2v) is 9.16. The Labute approximate surface area is 160 Å². The molecule has 2 aromatic rings. The number of ether oxygens (including phenoxy) is 1. The van der Waals surface area contributed by atoms with Gasteiger partial charge < -0.3 is 14.2 Å². The number of hydrogen-bond acceptors (Lipinski definition) is 5. The summed E-state index contributed by atoms with van der Waals surface area (Å²) in [5, 5.41) is 0. The Hall–Kier alpha value is -1.90. The summed E-state index contributed by atoms with van der Waals surface area (Å²) < 4.78 is 36.6. The third kappa shape index (κ3) is 3.74. The van der Waals surface area contributed by atoms with Gasteiger partial charge in [-0.2, -0.15) is 0 Å². The quantitative estimate of drug-likeness (QED) is 0.864. The molecule has 1 aromatic carbocycles. The number of aromatic nitrogens is 2. The molecule has 2 aliphatic heterocycles. The summed E-state index contributed by atoms with van der Waals surface area (Å²) in [5.41, 5.74) is 3.20. The van der Waals surface area contributed by atoms with Crippen molar-refractivity contribution in [2.45, 2.75) is 42.7 Å². The molecule has 3 heterocycles. The van der Waals surface area contributed by atoms with Gasteiger partial charge in [-0.3, -0.25) is 0 Å². The fourth-order valence-electron chi connectivity index (χ4n) is 3.98. The zero-order valence-electron chi connectivity index (χ0n) is 15.8. The standard InChI is InChI=1S/C19H26N4O3S/c1-22-8-3-4-14-5-6-16(11-17(14)22)27(24,25)21-15-7-9-26-19(10-15)18-12-20-13-23(18)2/h5-6,11-13,15,19,21H,3-4,7-10H2,1-2H3. The van der Waals surface area contributed by atoms with E-state index in [-0.39, 0.29) is 12.1 Å². The van der Waals surface area contributed by atoms with E-state index in [0.29, 0.717) is 24.3 Å². The van der Waals surface area contributed by atoms with Gasteiger partial charge in [0.15, 0.2) is 0 Å². The Morgan fingerprint density at radius 2 is 2.15 bits per heavy atom. The topological polar surface area (TPSA) is 76.5 Å². The molecule has 4 rings (SSSR count). The van der Waals surface area contributed by atoms with Gasteiger partial charge in [0.1, 0.15) is 6.10 Å². The molecule has 7 nitrogen and oxygen atoms in total. The third-order valence-electron chi connectivity index (χ3n) is 5.51.